The lowest BCUT2D eigenvalue weighted by Gasteiger charge is -2.04. The quantitative estimate of drug-likeness (QED) is 0.785. The molecule has 5 nitrogen and oxygen atoms in total. The molecule has 2 heterocycles. The van der Waals surface area contributed by atoms with Crippen molar-refractivity contribution in [2.75, 3.05) is 5.75 Å². The molecule has 0 amide bonds. The van der Waals surface area contributed by atoms with E-state index in [1.165, 1.54) is 4.68 Å². The van der Waals surface area contributed by atoms with Gasteiger partial charge in [0.25, 0.3) is 0 Å². The Balaban J connectivity index is 2.38. The fourth-order valence-corrected chi connectivity index (χ4v) is 3.82. The lowest BCUT2D eigenvalue weighted by Crippen LogP contribution is -2.08. The highest BCUT2D eigenvalue weighted by Crippen LogP contribution is 2.33. The minimum absolute atomic E-state index is 0.115. The summed E-state index contributed by atoms with van der Waals surface area (Å²) in [6, 6.07) is 1.67. The van der Waals surface area contributed by atoms with Crippen LogP contribution >= 0.6 is 0 Å². The lowest BCUT2D eigenvalue weighted by atomic mass is 10.2. The van der Waals surface area contributed by atoms with Crippen molar-refractivity contribution in [1.82, 2.24) is 9.78 Å². The summed E-state index contributed by atoms with van der Waals surface area (Å²) < 4.78 is 24.8. The topological polar surface area (TPSA) is 72.2 Å². The van der Waals surface area contributed by atoms with Gasteiger partial charge in [-0.3, -0.25) is 4.68 Å². The summed E-state index contributed by atoms with van der Waals surface area (Å²) >= 11 is 0. The molecule has 0 saturated carbocycles. The minimum Gasteiger partial charge on any atom is -0.390 e. The van der Waals surface area contributed by atoms with Gasteiger partial charge in [-0.2, -0.15) is 5.10 Å². The molecule has 0 spiro atoms. The van der Waals surface area contributed by atoms with Crippen LogP contribution in [-0.4, -0.2) is 29.1 Å². The summed E-state index contributed by atoms with van der Waals surface area (Å²) in [6.45, 7) is -0.115. The summed E-state index contributed by atoms with van der Waals surface area (Å²) in [7, 11) is -1.30. The van der Waals surface area contributed by atoms with Crippen LogP contribution in [0.2, 0.25) is 0 Å². The molecule has 1 unspecified atom stereocenters. The molecular formula is C9H14N2O3S. The van der Waals surface area contributed by atoms with E-state index in [4.69, 9.17) is 5.11 Å². The van der Waals surface area contributed by atoms with Crippen molar-refractivity contribution in [2.24, 2.45) is 7.05 Å². The second-order valence-corrected chi connectivity index (χ2v) is 6.14. The molecule has 1 fully saturated rings. The largest absolute Gasteiger partial charge is 0.390 e. The van der Waals surface area contributed by atoms with Gasteiger partial charge in [0, 0.05) is 7.05 Å². The molecular weight excluding hydrogens is 216 g/mol. The molecule has 15 heavy (non-hydrogen) atoms. The average Bonchev–Trinajstić information content (AvgIpc) is 2.68. The summed E-state index contributed by atoms with van der Waals surface area (Å²) in [6.07, 6.45) is 1.35. The van der Waals surface area contributed by atoms with Gasteiger partial charge in [-0.25, -0.2) is 8.42 Å². The monoisotopic (exact) mass is 230 g/mol. The van der Waals surface area contributed by atoms with E-state index in [2.05, 4.69) is 5.10 Å². The maximum atomic E-state index is 11.7. The van der Waals surface area contributed by atoms with Gasteiger partial charge >= 0.3 is 0 Å². The number of hydrogen-bond donors (Lipinski definition) is 1. The first-order valence-corrected chi connectivity index (χ1v) is 6.61. The van der Waals surface area contributed by atoms with E-state index in [0.717, 1.165) is 0 Å². The third kappa shape index (κ3) is 1.79. The van der Waals surface area contributed by atoms with E-state index in [1.54, 1.807) is 13.1 Å². The smallest absolute Gasteiger partial charge is 0.158 e. The van der Waals surface area contributed by atoms with Crippen molar-refractivity contribution >= 4 is 9.84 Å². The molecule has 1 atom stereocenters. The fourth-order valence-electron chi connectivity index (χ4n) is 1.96. The standard InChI is InChI=1S/C9H14N2O3S/c1-11-7(6-12)5-8(10-11)9-3-2-4-15(9,13)14/h5,9,12H,2-4,6H2,1H3. The van der Waals surface area contributed by atoms with Gasteiger partial charge in [-0.1, -0.05) is 0 Å². The first-order valence-electron chi connectivity index (χ1n) is 4.90. The summed E-state index contributed by atoms with van der Waals surface area (Å²) in [5.74, 6) is 0.253. The van der Waals surface area contributed by atoms with E-state index in [0.29, 0.717) is 24.2 Å². The number of hydrogen-bond acceptors (Lipinski definition) is 4. The predicted molar refractivity (Wildman–Crippen MR) is 54.9 cm³/mol. The second-order valence-electron chi connectivity index (χ2n) is 3.84. The normalized spacial score (nSPS) is 24.5. The molecule has 1 saturated heterocycles. The summed E-state index contributed by atoms with van der Waals surface area (Å²) in [5.41, 5.74) is 1.21. The fraction of sp³-hybridized carbons (Fsp3) is 0.667. The Kier molecular flexibility index (Phi) is 2.56. The number of aliphatic hydroxyl groups excluding tert-OH is 1. The number of aliphatic hydroxyl groups is 1. The Morgan fingerprint density at radius 3 is 2.87 bits per heavy atom. The van der Waals surface area contributed by atoms with Gasteiger partial charge in [0.15, 0.2) is 9.84 Å². The number of aromatic nitrogens is 2. The first-order chi connectivity index (χ1) is 7.04. The van der Waals surface area contributed by atoms with Crippen LogP contribution in [0.15, 0.2) is 6.07 Å². The van der Waals surface area contributed by atoms with Gasteiger partial charge in [0.2, 0.25) is 0 Å². The molecule has 6 heteroatoms. The molecule has 1 N–H and O–H groups in total. The minimum atomic E-state index is -3.01. The van der Waals surface area contributed by atoms with Crippen LogP contribution in [0.3, 0.4) is 0 Å². The SMILES string of the molecule is Cn1nc(C2CCCS2(=O)=O)cc1CO. The van der Waals surface area contributed by atoms with Crippen LogP contribution in [0.4, 0.5) is 0 Å². The van der Waals surface area contributed by atoms with E-state index < -0.39 is 15.1 Å². The summed E-state index contributed by atoms with van der Waals surface area (Å²) in [5, 5.41) is 12.7. The Bertz CT molecular complexity index is 464. The molecule has 0 bridgehead atoms. The second kappa shape index (κ2) is 3.61. The molecule has 2 rings (SSSR count). The van der Waals surface area contributed by atoms with Crippen molar-refractivity contribution in [2.45, 2.75) is 24.7 Å². The van der Waals surface area contributed by atoms with Crippen LogP contribution in [0.25, 0.3) is 0 Å². The number of rotatable bonds is 2. The number of sulfone groups is 1. The molecule has 0 aliphatic carbocycles. The van der Waals surface area contributed by atoms with Crippen molar-refractivity contribution in [3.8, 4) is 0 Å². The average molecular weight is 230 g/mol. The zero-order chi connectivity index (χ0) is 11.1. The lowest BCUT2D eigenvalue weighted by molar-refractivity contribution is 0.270. The Hall–Kier alpha value is -0.880. The third-order valence-electron chi connectivity index (χ3n) is 2.82. The molecule has 0 aromatic carbocycles. The molecule has 1 aromatic rings. The zero-order valence-corrected chi connectivity index (χ0v) is 9.37. The van der Waals surface area contributed by atoms with Crippen molar-refractivity contribution < 1.29 is 13.5 Å². The van der Waals surface area contributed by atoms with Gasteiger partial charge < -0.3 is 5.11 Å². The number of nitrogens with zero attached hydrogens (tertiary/aromatic N) is 2. The van der Waals surface area contributed by atoms with Crippen molar-refractivity contribution in [1.29, 1.82) is 0 Å². The Morgan fingerprint density at radius 2 is 2.40 bits per heavy atom. The molecule has 1 aliphatic heterocycles. The van der Waals surface area contributed by atoms with Crippen molar-refractivity contribution in [3.05, 3.63) is 17.5 Å². The van der Waals surface area contributed by atoms with Crippen LogP contribution in [0, 0.1) is 0 Å². The van der Waals surface area contributed by atoms with Crippen molar-refractivity contribution in [3.63, 3.8) is 0 Å². The maximum Gasteiger partial charge on any atom is 0.158 e. The maximum absolute atomic E-state index is 11.7. The van der Waals surface area contributed by atoms with E-state index in [1.807, 2.05) is 0 Å². The van der Waals surface area contributed by atoms with E-state index in [9.17, 15) is 8.42 Å². The molecule has 84 valence electrons. The van der Waals surface area contributed by atoms with Crippen LogP contribution in [0.5, 0.6) is 0 Å². The van der Waals surface area contributed by atoms with Gasteiger partial charge in [0.05, 0.1) is 23.7 Å². The first kappa shape index (κ1) is 10.6. The van der Waals surface area contributed by atoms with Crippen LogP contribution in [-0.2, 0) is 23.5 Å². The van der Waals surface area contributed by atoms with Crippen LogP contribution < -0.4 is 0 Å². The predicted octanol–water partition coefficient (Wildman–Crippen LogP) is 0.162. The van der Waals surface area contributed by atoms with Crippen LogP contribution in [0.1, 0.15) is 29.5 Å². The van der Waals surface area contributed by atoms with E-state index in [-0.39, 0.29) is 12.4 Å². The highest BCUT2D eigenvalue weighted by molar-refractivity contribution is 7.91. The Labute approximate surface area is 88.6 Å². The molecule has 1 aliphatic rings. The van der Waals surface area contributed by atoms with Gasteiger partial charge in [0.1, 0.15) is 5.25 Å². The summed E-state index contributed by atoms with van der Waals surface area (Å²) in [4.78, 5) is 0. The Morgan fingerprint density at radius 1 is 1.67 bits per heavy atom. The van der Waals surface area contributed by atoms with Gasteiger partial charge in [-0.15, -0.1) is 0 Å². The third-order valence-corrected chi connectivity index (χ3v) is 5.02. The molecule has 1 aromatic heterocycles. The van der Waals surface area contributed by atoms with E-state index >= 15 is 0 Å². The highest BCUT2D eigenvalue weighted by atomic mass is 32.2. The highest BCUT2D eigenvalue weighted by Gasteiger charge is 2.34. The van der Waals surface area contributed by atoms with Gasteiger partial charge in [-0.05, 0) is 18.9 Å². The molecule has 0 radical (unpaired) electrons. The zero-order valence-electron chi connectivity index (χ0n) is 8.55. The number of aryl methyl sites for hydroxylation is 1.